The zero-order valence-corrected chi connectivity index (χ0v) is 10.0. The average molecular weight is 220 g/mol. The topological polar surface area (TPSA) is 54.2 Å². The number of pyridine rings is 1. The van der Waals surface area contributed by atoms with Gasteiger partial charge in [-0.2, -0.15) is 0 Å². The van der Waals surface area contributed by atoms with Gasteiger partial charge >= 0.3 is 0 Å². The third-order valence-corrected chi connectivity index (χ3v) is 3.20. The fraction of sp³-hybridized carbons (Fsp3) is 0.583. The van der Waals surface area contributed by atoms with E-state index in [2.05, 4.69) is 29.2 Å². The van der Waals surface area contributed by atoms with Crippen molar-refractivity contribution in [3.8, 4) is 0 Å². The predicted molar refractivity (Wildman–Crippen MR) is 67.5 cm³/mol. The Bertz CT molecular complexity index is 356. The van der Waals surface area contributed by atoms with Crippen molar-refractivity contribution in [3.05, 3.63) is 17.8 Å². The number of hydrogen-bond acceptors (Lipinski definition) is 4. The molecule has 0 aliphatic carbocycles. The van der Waals surface area contributed by atoms with E-state index in [0.717, 1.165) is 24.3 Å². The molecular weight excluding hydrogens is 200 g/mol. The van der Waals surface area contributed by atoms with Crippen molar-refractivity contribution in [2.75, 3.05) is 31.2 Å². The summed E-state index contributed by atoms with van der Waals surface area (Å²) in [7, 11) is 2.17. The van der Waals surface area contributed by atoms with Crippen LogP contribution in [0.1, 0.15) is 18.4 Å². The smallest absolute Gasteiger partial charge is 0.125 e. The Kier molecular flexibility index (Phi) is 3.29. The van der Waals surface area contributed by atoms with Crippen LogP contribution in [-0.2, 0) is 0 Å². The number of aryl methyl sites for hydroxylation is 1. The van der Waals surface area contributed by atoms with E-state index >= 15 is 0 Å². The van der Waals surface area contributed by atoms with Gasteiger partial charge in [-0.25, -0.2) is 4.98 Å². The zero-order valence-electron chi connectivity index (χ0n) is 10.0. The number of nitrogens with one attached hydrogen (secondary N) is 1. The van der Waals surface area contributed by atoms with Gasteiger partial charge in [0.05, 0.1) is 0 Å². The largest absolute Gasteiger partial charge is 0.384 e. The first kappa shape index (κ1) is 11.2. The van der Waals surface area contributed by atoms with E-state index in [1.807, 2.05) is 12.3 Å². The molecule has 0 amide bonds. The summed E-state index contributed by atoms with van der Waals surface area (Å²) in [4.78, 5) is 6.44. The molecule has 3 N–H and O–H groups in total. The van der Waals surface area contributed by atoms with Crippen molar-refractivity contribution in [2.24, 2.45) is 0 Å². The third-order valence-electron chi connectivity index (χ3n) is 3.20. The molecule has 1 fully saturated rings. The van der Waals surface area contributed by atoms with Crippen molar-refractivity contribution in [3.63, 3.8) is 0 Å². The van der Waals surface area contributed by atoms with Gasteiger partial charge in [-0.15, -0.1) is 0 Å². The summed E-state index contributed by atoms with van der Waals surface area (Å²) in [6.07, 6.45) is 4.21. The van der Waals surface area contributed by atoms with Gasteiger partial charge in [0.25, 0.3) is 0 Å². The molecule has 0 aromatic carbocycles. The van der Waals surface area contributed by atoms with E-state index in [1.165, 1.54) is 12.8 Å². The van der Waals surface area contributed by atoms with Gasteiger partial charge in [-0.1, -0.05) is 0 Å². The van der Waals surface area contributed by atoms with Crippen LogP contribution in [0.3, 0.4) is 0 Å². The maximum absolute atomic E-state index is 5.70. The maximum Gasteiger partial charge on any atom is 0.125 e. The van der Waals surface area contributed by atoms with Gasteiger partial charge in [0.1, 0.15) is 5.82 Å². The Morgan fingerprint density at radius 2 is 2.12 bits per heavy atom. The Morgan fingerprint density at radius 3 is 2.81 bits per heavy atom. The second-order valence-corrected chi connectivity index (χ2v) is 4.65. The summed E-state index contributed by atoms with van der Waals surface area (Å²) in [5.74, 6) is 0.584. The molecule has 1 saturated heterocycles. The first-order chi connectivity index (χ1) is 7.65. The number of piperidine rings is 1. The number of likely N-dealkylation sites (tertiary alicyclic amines) is 1. The lowest BCUT2D eigenvalue weighted by Crippen LogP contribution is -2.36. The van der Waals surface area contributed by atoms with Crippen LogP contribution in [0.15, 0.2) is 12.3 Å². The highest BCUT2D eigenvalue weighted by Gasteiger charge is 2.16. The SMILES string of the molecule is Cc1cnc(N)cc1NC1CCN(C)CC1. The highest BCUT2D eigenvalue weighted by molar-refractivity contribution is 5.55. The van der Waals surface area contributed by atoms with Gasteiger partial charge in [0.15, 0.2) is 0 Å². The monoisotopic (exact) mass is 220 g/mol. The molecule has 0 saturated carbocycles. The molecule has 0 bridgehead atoms. The van der Waals surface area contributed by atoms with Gasteiger partial charge < -0.3 is 16.0 Å². The van der Waals surface area contributed by atoms with E-state index in [-0.39, 0.29) is 0 Å². The Labute approximate surface area is 96.8 Å². The summed E-state index contributed by atoms with van der Waals surface area (Å²) in [5.41, 5.74) is 7.98. The van der Waals surface area contributed by atoms with Gasteiger partial charge in [-0.3, -0.25) is 0 Å². The molecular formula is C12H20N4. The van der Waals surface area contributed by atoms with E-state index in [9.17, 15) is 0 Å². The van der Waals surface area contributed by atoms with Crippen molar-refractivity contribution in [2.45, 2.75) is 25.8 Å². The maximum atomic E-state index is 5.70. The van der Waals surface area contributed by atoms with Crippen LogP contribution in [-0.4, -0.2) is 36.1 Å². The molecule has 16 heavy (non-hydrogen) atoms. The molecule has 4 nitrogen and oxygen atoms in total. The molecule has 0 spiro atoms. The fourth-order valence-corrected chi connectivity index (χ4v) is 2.07. The Balaban J connectivity index is 2.00. The highest BCUT2D eigenvalue weighted by Crippen LogP contribution is 2.20. The normalized spacial score (nSPS) is 18.6. The van der Waals surface area contributed by atoms with E-state index in [4.69, 9.17) is 5.73 Å². The summed E-state index contributed by atoms with van der Waals surface area (Å²) in [5, 5.41) is 3.56. The van der Waals surface area contributed by atoms with Gasteiger partial charge in [0, 0.05) is 24.0 Å². The molecule has 0 unspecified atom stereocenters. The number of rotatable bonds is 2. The molecule has 88 valence electrons. The zero-order chi connectivity index (χ0) is 11.5. The fourth-order valence-electron chi connectivity index (χ4n) is 2.07. The summed E-state index contributed by atoms with van der Waals surface area (Å²) >= 11 is 0. The Hall–Kier alpha value is -1.29. The molecule has 0 radical (unpaired) electrons. The quantitative estimate of drug-likeness (QED) is 0.792. The van der Waals surface area contributed by atoms with Gasteiger partial charge in [-0.05, 0) is 45.5 Å². The standard InChI is InChI=1S/C12H20N4/c1-9-8-14-12(13)7-11(9)15-10-3-5-16(2)6-4-10/h7-8,10H,3-6H2,1-2H3,(H3,13,14,15). The molecule has 1 aliphatic rings. The average Bonchev–Trinajstić information content (AvgIpc) is 2.27. The van der Waals surface area contributed by atoms with Crippen LogP contribution in [0.4, 0.5) is 11.5 Å². The van der Waals surface area contributed by atoms with E-state index < -0.39 is 0 Å². The molecule has 1 aromatic heterocycles. The number of nitrogens with two attached hydrogens (primary N) is 1. The van der Waals surface area contributed by atoms with Crippen LogP contribution in [0.25, 0.3) is 0 Å². The molecule has 0 atom stereocenters. The van der Waals surface area contributed by atoms with Gasteiger partial charge in [0.2, 0.25) is 0 Å². The molecule has 2 heterocycles. The molecule has 2 rings (SSSR count). The van der Waals surface area contributed by atoms with Crippen LogP contribution >= 0.6 is 0 Å². The number of nitrogens with zero attached hydrogens (tertiary/aromatic N) is 2. The first-order valence-corrected chi connectivity index (χ1v) is 5.82. The minimum absolute atomic E-state index is 0.566. The third kappa shape index (κ3) is 2.64. The molecule has 1 aromatic rings. The summed E-state index contributed by atoms with van der Waals surface area (Å²) in [6, 6.07) is 2.49. The second-order valence-electron chi connectivity index (χ2n) is 4.65. The van der Waals surface area contributed by atoms with Crippen molar-refractivity contribution in [1.82, 2.24) is 9.88 Å². The van der Waals surface area contributed by atoms with E-state index in [1.54, 1.807) is 0 Å². The molecule has 1 aliphatic heterocycles. The Morgan fingerprint density at radius 1 is 1.44 bits per heavy atom. The summed E-state index contributed by atoms with van der Waals surface area (Å²) in [6.45, 7) is 4.39. The second kappa shape index (κ2) is 4.70. The number of anilines is 2. The van der Waals surface area contributed by atoms with Crippen LogP contribution in [0.5, 0.6) is 0 Å². The lowest BCUT2D eigenvalue weighted by atomic mass is 10.0. The lowest BCUT2D eigenvalue weighted by molar-refractivity contribution is 0.264. The van der Waals surface area contributed by atoms with E-state index in [0.29, 0.717) is 11.9 Å². The highest BCUT2D eigenvalue weighted by atomic mass is 15.1. The van der Waals surface area contributed by atoms with Crippen molar-refractivity contribution < 1.29 is 0 Å². The number of nitrogen functional groups attached to an aromatic ring is 1. The van der Waals surface area contributed by atoms with Crippen LogP contribution < -0.4 is 11.1 Å². The number of hydrogen-bond donors (Lipinski definition) is 2. The summed E-state index contributed by atoms with van der Waals surface area (Å²) < 4.78 is 0. The van der Waals surface area contributed by atoms with Crippen molar-refractivity contribution in [1.29, 1.82) is 0 Å². The number of aromatic nitrogens is 1. The first-order valence-electron chi connectivity index (χ1n) is 5.82. The minimum Gasteiger partial charge on any atom is -0.384 e. The minimum atomic E-state index is 0.566. The molecule has 4 heteroatoms. The van der Waals surface area contributed by atoms with Crippen LogP contribution in [0, 0.1) is 6.92 Å². The lowest BCUT2D eigenvalue weighted by Gasteiger charge is -2.30. The predicted octanol–water partition coefficient (Wildman–Crippen LogP) is 1.48. The van der Waals surface area contributed by atoms with Crippen LogP contribution in [0.2, 0.25) is 0 Å². The van der Waals surface area contributed by atoms with Crippen molar-refractivity contribution >= 4 is 11.5 Å².